The molecule has 1 heterocycles. The highest BCUT2D eigenvalue weighted by atomic mass is 16.5. The summed E-state index contributed by atoms with van der Waals surface area (Å²) >= 11 is 0. The van der Waals surface area contributed by atoms with E-state index in [4.69, 9.17) is 9.47 Å². The third kappa shape index (κ3) is 4.32. The minimum absolute atomic E-state index is 0.0624. The first-order valence-corrected chi connectivity index (χ1v) is 7.80. The fourth-order valence-corrected chi connectivity index (χ4v) is 3.42. The second-order valence-electron chi connectivity index (χ2n) is 6.44. The number of nitrogens with one attached hydrogen (secondary N) is 1. The molecule has 2 rings (SSSR count). The summed E-state index contributed by atoms with van der Waals surface area (Å²) in [5.41, 5.74) is 1.46. The zero-order valence-corrected chi connectivity index (χ0v) is 13.0. The molecule has 3 atom stereocenters. The van der Waals surface area contributed by atoms with E-state index in [9.17, 15) is 4.79 Å². The normalized spacial score (nSPS) is 31.8. The Balaban J connectivity index is 1.75. The summed E-state index contributed by atoms with van der Waals surface area (Å²) in [6.45, 7) is 11.1. The van der Waals surface area contributed by atoms with Gasteiger partial charge in [0.05, 0.1) is 19.8 Å². The molecule has 1 saturated heterocycles. The molecule has 0 aromatic carbocycles. The second-order valence-corrected chi connectivity index (χ2v) is 6.44. The Bertz CT molecular complexity index is 361. The van der Waals surface area contributed by atoms with Crippen molar-refractivity contribution in [1.29, 1.82) is 0 Å². The van der Waals surface area contributed by atoms with Gasteiger partial charge in [-0.25, -0.2) is 4.79 Å². The highest BCUT2D eigenvalue weighted by Crippen LogP contribution is 2.33. The molecule has 1 aliphatic heterocycles. The van der Waals surface area contributed by atoms with E-state index < -0.39 is 0 Å². The third-order valence-corrected chi connectivity index (χ3v) is 4.63. The van der Waals surface area contributed by atoms with Gasteiger partial charge in [-0.2, -0.15) is 0 Å². The van der Waals surface area contributed by atoms with Crippen LogP contribution in [-0.4, -0.2) is 45.4 Å². The van der Waals surface area contributed by atoms with Crippen LogP contribution < -0.4 is 4.90 Å². The van der Waals surface area contributed by atoms with Crippen LogP contribution in [-0.2, 0) is 14.3 Å². The summed E-state index contributed by atoms with van der Waals surface area (Å²) in [7, 11) is 0. The second kappa shape index (κ2) is 7.23. The number of carbonyl (C=O) groups excluding carboxylic acids is 1. The number of allylic oxidation sites excluding steroid dienone is 2. The summed E-state index contributed by atoms with van der Waals surface area (Å²) in [5.74, 6) is 1.50. The van der Waals surface area contributed by atoms with Crippen LogP contribution in [0.4, 0.5) is 0 Å². The predicted octanol–water partition coefficient (Wildman–Crippen LogP) is 0.683. The molecule has 0 amide bonds. The molecule has 2 aliphatic rings. The molecule has 20 heavy (non-hydrogen) atoms. The number of hydrogen-bond acceptors (Lipinski definition) is 3. The predicted molar refractivity (Wildman–Crippen MR) is 77.5 cm³/mol. The minimum Gasteiger partial charge on any atom is -0.461 e. The fourth-order valence-electron chi connectivity index (χ4n) is 3.42. The zero-order chi connectivity index (χ0) is 14.5. The molecule has 4 nitrogen and oxygen atoms in total. The smallest absolute Gasteiger partial charge is 0.361 e. The monoisotopic (exact) mass is 282 g/mol. The highest BCUT2D eigenvalue weighted by molar-refractivity contribution is 5.70. The molecule has 4 heteroatoms. The maximum atomic E-state index is 11.9. The van der Waals surface area contributed by atoms with Crippen LogP contribution in [0.3, 0.4) is 0 Å². The number of quaternary nitrogens is 1. The van der Waals surface area contributed by atoms with Gasteiger partial charge in [-0.05, 0) is 25.2 Å². The topological polar surface area (TPSA) is 40.0 Å². The van der Waals surface area contributed by atoms with E-state index >= 15 is 0 Å². The molecule has 1 fully saturated rings. The number of morpholine rings is 1. The lowest BCUT2D eigenvalue weighted by molar-refractivity contribution is -0.900. The van der Waals surface area contributed by atoms with Crippen molar-refractivity contribution in [2.75, 3.05) is 39.5 Å². The van der Waals surface area contributed by atoms with E-state index in [1.165, 1.54) is 10.5 Å². The number of ether oxygens (including phenoxy) is 2. The molecular formula is C16H28NO3+. The van der Waals surface area contributed by atoms with E-state index in [1.54, 1.807) is 0 Å². The van der Waals surface area contributed by atoms with Gasteiger partial charge in [-0.1, -0.05) is 25.5 Å². The standard InChI is InChI=1S/C16H27NO3/c1-12-8-13(2)15(14(3)9-12)11-20-16(18)10-17-4-6-19-7-5-17/h8,13-15H,4-7,9-11H2,1-3H3/p+1/t13-,14-,15+/m1/s1. The SMILES string of the molecule is CC1=C[C@@H](C)[C@H](COC(=O)C[NH+]2CCOCC2)[C@H](C)C1. The maximum absolute atomic E-state index is 11.9. The maximum Gasteiger partial charge on any atom is 0.361 e. The number of carbonyl (C=O) groups is 1. The number of rotatable bonds is 4. The average Bonchev–Trinajstić information content (AvgIpc) is 2.38. The van der Waals surface area contributed by atoms with Gasteiger partial charge in [0.1, 0.15) is 13.1 Å². The Morgan fingerprint density at radius 1 is 1.40 bits per heavy atom. The van der Waals surface area contributed by atoms with Crippen molar-refractivity contribution in [3.05, 3.63) is 11.6 Å². The molecule has 0 unspecified atom stereocenters. The summed E-state index contributed by atoms with van der Waals surface area (Å²) < 4.78 is 10.8. The van der Waals surface area contributed by atoms with Gasteiger partial charge in [0.15, 0.2) is 6.54 Å². The molecule has 0 aromatic rings. The van der Waals surface area contributed by atoms with Crippen molar-refractivity contribution < 1.29 is 19.2 Å². The Hall–Kier alpha value is -0.870. The lowest BCUT2D eigenvalue weighted by Crippen LogP contribution is -3.15. The van der Waals surface area contributed by atoms with Crippen molar-refractivity contribution in [3.8, 4) is 0 Å². The molecule has 0 aromatic heterocycles. The molecule has 1 N–H and O–H groups in total. The molecule has 0 radical (unpaired) electrons. The van der Waals surface area contributed by atoms with Crippen LogP contribution in [0, 0.1) is 17.8 Å². The number of esters is 1. The Kier molecular flexibility index (Phi) is 5.61. The summed E-state index contributed by atoms with van der Waals surface area (Å²) in [6.07, 6.45) is 3.45. The Morgan fingerprint density at radius 2 is 2.10 bits per heavy atom. The van der Waals surface area contributed by atoms with Crippen molar-refractivity contribution >= 4 is 5.97 Å². The summed E-state index contributed by atoms with van der Waals surface area (Å²) in [5, 5.41) is 0. The van der Waals surface area contributed by atoms with Crippen molar-refractivity contribution in [1.82, 2.24) is 0 Å². The first kappa shape index (κ1) is 15.5. The molecule has 0 saturated carbocycles. The zero-order valence-electron chi connectivity index (χ0n) is 13.0. The fraction of sp³-hybridized carbons (Fsp3) is 0.812. The lowest BCUT2D eigenvalue weighted by Gasteiger charge is -2.32. The quantitative estimate of drug-likeness (QED) is 0.609. The van der Waals surface area contributed by atoms with Gasteiger partial charge in [0.25, 0.3) is 0 Å². The van der Waals surface area contributed by atoms with E-state index in [-0.39, 0.29) is 5.97 Å². The van der Waals surface area contributed by atoms with Crippen LogP contribution in [0.5, 0.6) is 0 Å². The summed E-state index contributed by atoms with van der Waals surface area (Å²) in [6, 6.07) is 0. The van der Waals surface area contributed by atoms with Crippen molar-refractivity contribution in [2.45, 2.75) is 27.2 Å². The van der Waals surface area contributed by atoms with Gasteiger partial charge in [0, 0.05) is 5.92 Å². The third-order valence-electron chi connectivity index (χ3n) is 4.63. The summed E-state index contributed by atoms with van der Waals surface area (Å²) in [4.78, 5) is 13.2. The van der Waals surface area contributed by atoms with Gasteiger partial charge >= 0.3 is 5.97 Å². The van der Waals surface area contributed by atoms with E-state index in [1.807, 2.05) is 0 Å². The van der Waals surface area contributed by atoms with Crippen molar-refractivity contribution in [2.24, 2.45) is 17.8 Å². The number of hydrogen-bond donors (Lipinski definition) is 1. The van der Waals surface area contributed by atoms with Crippen LogP contribution >= 0.6 is 0 Å². The van der Waals surface area contributed by atoms with Gasteiger partial charge in [-0.15, -0.1) is 0 Å². The first-order valence-electron chi connectivity index (χ1n) is 7.80. The Morgan fingerprint density at radius 3 is 2.75 bits per heavy atom. The van der Waals surface area contributed by atoms with Gasteiger partial charge in [0.2, 0.25) is 0 Å². The average molecular weight is 282 g/mol. The van der Waals surface area contributed by atoms with E-state index in [2.05, 4.69) is 26.8 Å². The minimum atomic E-state index is -0.0624. The molecule has 0 bridgehead atoms. The van der Waals surface area contributed by atoms with E-state index in [0.717, 1.165) is 32.7 Å². The molecule has 0 spiro atoms. The first-order chi connectivity index (χ1) is 9.56. The van der Waals surface area contributed by atoms with Crippen LogP contribution in [0.1, 0.15) is 27.2 Å². The Labute approximate surface area is 122 Å². The van der Waals surface area contributed by atoms with E-state index in [0.29, 0.717) is 30.9 Å². The van der Waals surface area contributed by atoms with Gasteiger partial charge < -0.3 is 14.4 Å². The molecule has 114 valence electrons. The van der Waals surface area contributed by atoms with Crippen molar-refractivity contribution in [3.63, 3.8) is 0 Å². The molecular weight excluding hydrogens is 254 g/mol. The molecule has 1 aliphatic carbocycles. The van der Waals surface area contributed by atoms with Gasteiger partial charge in [-0.3, -0.25) is 0 Å². The lowest BCUT2D eigenvalue weighted by atomic mass is 9.75. The van der Waals surface area contributed by atoms with Crippen LogP contribution in [0.2, 0.25) is 0 Å². The highest BCUT2D eigenvalue weighted by Gasteiger charge is 2.28. The van der Waals surface area contributed by atoms with Crippen LogP contribution in [0.15, 0.2) is 11.6 Å². The van der Waals surface area contributed by atoms with Crippen LogP contribution in [0.25, 0.3) is 0 Å². The largest absolute Gasteiger partial charge is 0.461 e.